The summed E-state index contributed by atoms with van der Waals surface area (Å²) in [5.41, 5.74) is 6.87. The highest BCUT2D eigenvalue weighted by atomic mass is 32.2. The molecule has 5 nitrogen and oxygen atoms in total. The Kier molecular flexibility index (Phi) is 5.96. The lowest BCUT2D eigenvalue weighted by atomic mass is 10.2. The van der Waals surface area contributed by atoms with Crippen molar-refractivity contribution in [3.63, 3.8) is 0 Å². The fraction of sp³-hybridized carbons (Fsp3) is 0.500. The highest BCUT2D eigenvalue weighted by Gasteiger charge is 2.15. The standard InChI is InChI=1S/C12H21N3O2S2/c1-4-18-8-9(2)15-10-5-6-12(11(13)7-10)19(16,17)14-3/h5-7,9,14-15H,4,8,13H2,1-3H3. The molecule has 4 N–H and O–H groups in total. The lowest BCUT2D eigenvalue weighted by Crippen LogP contribution is -2.21. The van der Waals surface area contributed by atoms with Crippen molar-refractivity contribution in [2.75, 3.05) is 29.6 Å². The minimum absolute atomic E-state index is 0.108. The Morgan fingerprint density at radius 1 is 1.42 bits per heavy atom. The van der Waals surface area contributed by atoms with E-state index in [0.717, 1.165) is 17.2 Å². The molecule has 1 aromatic rings. The monoisotopic (exact) mass is 303 g/mol. The zero-order valence-corrected chi connectivity index (χ0v) is 13.1. The van der Waals surface area contributed by atoms with Crippen LogP contribution in [0.3, 0.4) is 0 Å². The number of hydrogen-bond donors (Lipinski definition) is 3. The van der Waals surface area contributed by atoms with Gasteiger partial charge in [-0.1, -0.05) is 6.92 Å². The van der Waals surface area contributed by atoms with Gasteiger partial charge in [-0.15, -0.1) is 0 Å². The Labute approximate surface area is 119 Å². The van der Waals surface area contributed by atoms with E-state index in [2.05, 4.69) is 23.9 Å². The summed E-state index contributed by atoms with van der Waals surface area (Å²) >= 11 is 1.85. The van der Waals surface area contributed by atoms with Gasteiger partial charge in [-0.05, 0) is 37.9 Å². The van der Waals surface area contributed by atoms with Gasteiger partial charge in [0.2, 0.25) is 10.0 Å². The summed E-state index contributed by atoms with van der Waals surface area (Å²) in [6.45, 7) is 4.20. The maximum Gasteiger partial charge on any atom is 0.242 e. The normalized spacial score (nSPS) is 13.2. The highest BCUT2D eigenvalue weighted by Crippen LogP contribution is 2.23. The Bertz CT molecular complexity index is 518. The molecule has 19 heavy (non-hydrogen) atoms. The van der Waals surface area contributed by atoms with Crippen molar-refractivity contribution in [2.45, 2.75) is 24.8 Å². The zero-order valence-electron chi connectivity index (χ0n) is 11.4. The molecular weight excluding hydrogens is 282 g/mol. The molecule has 1 atom stereocenters. The Morgan fingerprint density at radius 3 is 2.63 bits per heavy atom. The lowest BCUT2D eigenvalue weighted by Gasteiger charge is -2.16. The van der Waals surface area contributed by atoms with Crippen LogP contribution in [0.15, 0.2) is 23.1 Å². The number of anilines is 2. The van der Waals surface area contributed by atoms with Crippen LogP contribution in [-0.4, -0.2) is 33.0 Å². The second-order valence-electron chi connectivity index (χ2n) is 4.17. The minimum atomic E-state index is -3.50. The molecule has 0 aromatic heterocycles. The summed E-state index contributed by atoms with van der Waals surface area (Å²) in [4.78, 5) is 0.108. The van der Waals surface area contributed by atoms with Crippen molar-refractivity contribution < 1.29 is 8.42 Å². The molecule has 0 radical (unpaired) electrons. The van der Waals surface area contributed by atoms with E-state index in [-0.39, 0.29) is 10.6 Å². The molecule has 1 unspecified atom stereocenters. The van der Waals surface area contributed by atoms with Crippen molar-refractivity contribution in [2.24, 2.45) is 0 Å². The van der Waals surface area contributed by atoms with Gasteiger partial charge in [0.1, 0.15) is 4.90 Å². The van der Waals surface area contributed by atoms with Crippen molar-refractivity contribution in [1.29, 1.82) is 0 Å². The molecule has 0 spiro atoms. The molecule has 0 heterocycles. The van der Waals surface area contributed by atoms with E-state index in [4.69, 9.17) is 5.73 Å². The largest absolute Gasteiger partial charge is 0.398 e. The van der Waals surface area contributed by atoms with Gasteiger partial charge in [0.15, 0.2) is 0 Å². The first-order valence-electron chi connectivity index (χ1n) is 6.08. The number of nitrogen functional groups attached to an aromatic ring is 1. The van der Waals surface area contributed by atoms with Crippen molar-refractivity contribution in [3.05, 3.63) is 18.2 Å². The summed E-state index contributed by atoms with van der Waals surface area (Å²) < 4.78 is 25.6. The average molecular weight is 303 g/mol. The van der Waals surface area contributed by atoms with Gasteiger partial charge in [0.25, 0.3) is 0 Å². The van der Waals surface area contributed by atoms with Gasteiger partial charge >= 0.3 is 0 Å². The SMILES string of the molecule is CCSCC(C)Nc1ccc(S(=O)(=O)NC)c(N)c1. The Morgan fingerprint density at radius 2 is 2.11 bits per heavy atom. The quantitative estimate of drug-likeness (QED) is 0.668. The molecule has 0 aliphatic heterocycles. The highest BCUT2D eigenvalue weighted by molar-refractivity contribution is 7.99. The van der Waals surface area contributed by atoms with Gasteiger partial charge in [-0.2, -0.15) is 11.8 Å². The van der Waals surface area contributed by atoms with Crippen LogP contribution in [0.4, 0.5) is 11.4 Å². The average Bonchev–Trinajstić information content (AvgIpc) is 2.36. The van der Waals surface area contributed by atoms with Gasteiger partial charge in [0, 0.05) is 17.5 Å². The molecule has 0 bridgehead atoms. The van der Waals surface area contributed by atoms with Crippen LogP contribution in [0.2, 0.25) is 0 Å². The van der Waals surface area contributed by atoms with Gasteiger partial charge in [0.05, 0.1) is 5.69 Å². The van der Waals surface area contributed by atoms with Crippen LogP contribution in [0, 0.1) is 0 Å². The van der Waals surface area contributed by atoms with Crippen molar-refractivity contribution in [3.8, 4) is 0 Å². The number of rotatable bonds is 7. The third kappa shape index (κ3) is 4.59. The van der Waals surface area contributed by atoms with E-state index in [9.17, 15) is 8.42 Å². The predicted octanol–water partition coefficient (Wildman–Crippen LogP) is 1.73. The number of benzene rings is 1. The Balaban J connectivity index is 2.83. The molecule has 7 heteroatoms. The van der Waals surface area contributed by atoms with E-state index < -0.39 is 10.0 Å². The van der Waals surface area contributed by atoms with Crippen molar-refractivity contribution in [1.82, 2.24) is 4.72 Å². The van der Waals surface area contributed by atoms with Crippen LogP contribution >= 0.6 is 11.8 Å². The number of nitrogens with two attached hydrogens (primary N) is 1. The van der Waals surface area contributed by atoms with Crippen LogP contribution in [0.5, 0.6) is 0 Å². The van der Waals surface area contributed by atoms with Gasteiger partial charge in [-0.3, -0.25) is 0 Å². The number of sulfonamides is 1. The fourth-order valence-corrected chi connectivity index (χ4v) is 3.12. The number of nitrogens with one attached hydrogen (secondary N) is 2. The van der Waals surface area contributed by atoms with E-state index in [1.165, 1.54) is 13.1 Å². The molecule has 0 fully saturated rings. The Hall–Kier alpha value is -0.920. The number of thioether (sulfide) groups is 1. The molecule has 1 rings (SSSR count). The molecular formula is C12H21N3O2S2. The topological polar surface area (TPSA) is 84.2 Å². The molecule has 0 aliphatic rings. The second-order valence-corrected chi connectivity index (χ2v) is 7.34. The maximum atomic E-state index is 11.7. The molecule has 0 saturated heterocycles. The van der Waals surface area contributed by atoms with Crippen LogP contribution in [0.1, 0.15) is 13.8 Å². The smallest absolute Gasteiger partial charge is 0.242 e. The van der Waals surface area contributed by atoms with Crippen LogP contribution < -0.4 is 15.8 Å². The zero-order chi connectivity index (χ0) is 14.5. The van der Waals surface area contributed by atoms with E-state index in [0.29, 0.717) is 6.04 Å². The van der Waals surface area contributed by atoms with E-state index in [1.54, 1.807) is 12.1 Å². The van der Waals surface area contributed by atoms with Crippen LogP contribution in [-0.2, 0) is 10.0 Å². The lowest BCUT2D eigenvalue weighted by molar-refractivity contribution is 0.588. The maximum absolute atomic E-state index is 11.7. The predicted molar refractivity (Wildman–Crippen MR) is 83.2 cm³/mol. The molecule has 0 saturated carbocycles. The van der Waals surface area contributed by atoms with Crippen LogP contribution in [0.25, 0.3) is 0 Å². The third-order valence-electron chi connectivity index (χ3n) is 2.55. The first kappa shape index (κ1) is 16.1. The first-order chi connectivity index (χ1) is 8.90. The summed E-state index contributed by atoms with van der Waals surface area (Å²) in [5.74, 6) is 2.07. The summed E-state index contributed by atoms with van der Waals surface area (Å²) in [7, 11) is -2.13. The van der Waals surface area contributed by atoms with E-state index >= 15 is 0 Å². The molecule has 108 valence electrons. The summed E-state index contributed by atoms with van der Waals surface area (Å²) in [6, 6.07) is 5.20. The van der Waals surface area contributed by atoms with Gasteiger partial charge < -0.3 is 11.1 Å². The second kappa shape index (κ2) is 7.02. The van der Waals surface area contributed by atoms with E-state index in [1.807, 2.05) is 11.8 Å². The fourth-order valence-electron chi connectivity index (χ4n) is 1.61. The third-order valence-corrected chi connectivity index (χ3v) is 5.19. The minimum Gasteiger partial charge on any atom is -0.398 e. The number of hydrogen-bond acceptors (Lipinski definition) is 5. The van der Waals surface area contributed by atoms with Crippen molar-refractivity contribution >= 4 is 33.2 Å². The molecule has 1 aromatic carbocycles. The van der Waals surface area contributed by atoms with Gasteiger partial charge in [-0.25, -0.2) is 13.1 Å². The summed E-state index contributed by atoms with van der Waals surface area (Å²) in [5, 5.41) is 3.30. The molecule has 0 aliphatic carbocycles. The summed E-state index contributed by atoms with van der Waals surface area (Å²) in [6.07, 6.45) is 0. The molecule has 0 amide bonds. The first-order valence-corrected chi connectivity index (χ1v) is 8.71.